The highest BCUT2D eigenvalue weighted by Gasteiger charge is 2.58. The number of aromatic hydroxyl groups is 1. The Kier molecular flexibility index (Phi) is 4.88. The molecule has 0 saturated heterocycles. The summed E-state index contributed by atoms with van der Waals surface area (Å²) in [5.41, 5.74) is -0.950. The molecule has 2 N–H and O–H groups in total. The van der Waals surface area contributed by atoms with Crippen LogP contribution in [0.15, 0.2) is 30.4 Å². The second kappa shape index (κ2) is 6.56. The van der Waals surface area contributed by atoms with Gasteiger partial charge in [-0.05, 0) is 54.7 Å². The van der Waals surface area contributed by atoms with E-state index >= 15 is 0 Å². The molecular weight excluding hydrogens is 300 g/mol. The number of aldehydes is 1. The third-order valence-electron chi connectivity index (χ3n) is 5.08. The Bertz CT molecular complexity index is 772. The van der Waals surface area contributed by atoms with Crippen molar-refractivity contribution in [3.63, 3.8) is 0 Å². The van der Waals surface area contributed by atoms with Crippen molar-refractivity contribution in [1.29, 1.82) is 0 Å². The van der Waals surface area contributed by atoms with E-state index in [0.717, 1.165) is 11.8 Å². The summed E-state index contributed by atoms with van der Waals surface area (Å²) in [7, 11) is 0. The molecule has 0 bridgehead atoms. The number of phenolic OH excluding ortho intramolecular Hbond substituents is 1. The molecule has 1 aliphatic rings. The second-order valence-electron chi connectivity index (χ2n) is 6.69. The first kappa shape index (κ1) is 17.9. The van der Waals surface area contributed by atoms with Gasteiger partial charge in [-0.25, -0.2) is 0 Å². The van der Waals surface area contributed by atoms with Crippen LogP contribution in [0, 0.1) is 36.0 Å². The number of hydrogen-bond donors (Lipinski definition) is 2. The van der Waals surface area contributed by atoms with E-state index in [4.69, 9.17) is 6.42 Å². The van der Waals surface area contributed by atoms with Crippen molar-refractivity contribution < 1.29 is 15.0 Å². The zero-order valence-corrected chi connectivity index (χ0v) is 14.2. The maximum atomic E-state index is 12.1. The summed E-state index contributed by atoms with van der Waals surface area (Å²) in [4.78, 5) is 12.1. The van der Waals surface area contributed by atoms with Gasteiger partial charge < -0.3 is 15.0 Å². The number of benzene rings is 1. The summed E-state index contributed by atoms with van der Waals surface area (Å²) in [6.45, 7) is 5.46. The van der Waals surface area contributed by atoms with Crippen molar-refractivity contribution in [3.8, 4) is 29.9 Å². The summed E-state index contributed by atoms with van der Waals surface area (Å²) < 4.78 is 0. The zero-order valence-electron chi connectivity index (χ0n) is 14.2. The minimum absolute atomic E-state index is 0.0782. The lowest BCUT2D eigenvalue weighted by Gasteiger charge is -2.52. The summed E-state index contributed by atoms with van der Waals surface area (Å²) in [5.74, 6) is 7.76. The third-order valence-corrected chi connectivity index (χ3v) is 5.08. The molecule has 3 heteroatoms. The Labute approximate surface area is 143 Å². The lowest BCUT2D eigenvalue weighted by molar-refractivity contribution is -0.138. The third kappa shape index (κ3) is 2.62. The number of aliphatic hydroxyl groups is 1. The predicted molar refractivity (Wildman–Crippen MR) is 94.3 cm³/mol. The maximum Gasteiger partial charge on any atom is 0.133 e. The van der Waals surface area contributed by atoms with Gasteiger partial charge in [0, 0.05) is 0 Å². The Morgan fingerprint density at radius 3 is 2.67 bits per heavy atom. The molecule has 1 aromatic rings. The summed E-state index contributed by atoms with van der Waals surface area (Å²) in [6.07, 6.45) is 9.50. The fourth-order valence-corrected chi connectivity index (χ4v) is 3.74. The first-order valence-electron chi connectivity index (χ1n) is 7.94. The largest absolute Gasteiger partial charge is 0.508 e. The molecule has 0 unspecified atom stereocenters. The van der Waals surface area contributed by atoms with Crippen LogP contribution < -0.4 is 0 Å². The summed E-state index contributed by atoms with van der Waals surface area (Å²) in [5, 5.41) is 21.4. The van der Waals surface area contributed by atoms with Crippen molar-refractivity contribution in [3.05, 3.63) is 41.5 Å². The van der Waals surface area contributed by atoms with Gasteiger partial charge in [0.1, 0.15) is 12.0 Å². The van der Waals surface area contributed by atoms with Crippen molar-refractivity contribution in [2.75, 3.05) is 0 Å². The molecule has 3 atom stereocenters. The monoisotopic (exact) mass is 322 g/mol. The van der Waals surface area contributed by atoms with E-state index in [1.165, 1.54) is 6.08 Å². The van der Waals surface area contributed by atoms with Crippen molar-refractivity contribution in [2.45, 2.75) is 38.2 Å². The molecule has 0 spiro atoms. The quantitative estimate of drug-likeness (QED) is 0.650. The highest BCUT2D eigenvalue weighted by molar-refractivity contribution is 5.74. The van der Waals surface area contributed by atoms with E-state index in [0.29, 0.717) is 12.0 Å². The number of hydrogen-bond acceptors (Lipinski definition) is 3. The van der Waals surface area contributed by atoms with Crippen LogP contribution in [0.5, 0.6) is 5.75 Å². The SMILES string of the molecule is C#C/C=C\C#C[C@@H]1Cc2ccc(O)cc2[C@](C)(C=O)[C@]1(O)C(C)C. The number of allylic oxidation sites excluding steroid dienone is 2. The standard InChI is InChI=1S/C21H22O3/c1-5-6-7-8-9-17-12-16-10-11-18(23)13-19(16)20(4,14-22)21(17,24)15(2)3/h1,6-7,10-11,13-15,17,23-24H,12H2,2-4H3/b7-6-/t17-,20+,21+/m1/s1. The topological polar surface area (TPSA) is 57.5 Å². The van der Waals surface area contributed by atoms with E-state index in [2.05, 4.69) is 17.8 Å². The summed E-state index contributed by atoms with van der Waals surface area (Å²) in [6, 6.07) is 4.95. The lowest BCUT2D eigenvalue weighted by Crippen LogP contribution is -2.62. The fraction of sp³-hybridized carbons (Fsp3) is 0.381. The molecule has 0 heterocycles. The number of carbonyl (C=O) groups excluding carboxylic acids is 1. The van der Waals surface area contributed by atoms with Crippen LogP contribution in [0.2, 0.25) is 0 Å². The smallest absolute Gasteiger partial charge is 0.133 e. The highest BCUT2D eigenvalue weighted by Crippen LogP contribution is 2.50. The van der Waals surface area contributed by atoms with Crippen molar-refractivity contribution in [2.24, 2.45) is 11.8 Å². The molecule has 0 radical (unpaired) electrons. The van der Waals surface area contributed by atoms with Gasteiger partial charge in [0.25, 0.3) is 0 Å². The van der Waals surface area contributed by atoms with Gasteiger partial charge in [-0.1, -0.05) is 37.7 Å². The number of rotatable bonds is 2. The van der Waals surface area contributed by atoms with Gasteiger partial charge in [-0.2, -0.15) is 0 Å². The fourth-order valence-electron chi connectivity index (χ4n) is 3.74. The lowest BCUT2D eigenvalue weighted by atomic mass is 9.54. The minimum Gasteiger partial charge on any atom is -0.508 e. The molecule has 0 aliphatic heterocycles. The molecule has 124 valence electrons. The van der Waals surface area contributed by atoms with Gasteiger partial charge in [-0.15, -0.1) is 6.42 Å². The maximum absolute atomic E-state index is 12.1. The van der Waals surface area contributed by atoms with Crippen LogP contribution >= 0.6 is 0 Å². The van der Waals surface area contributed by atoms with Crippen LogP contribution in [0.1, 0.15) is 31.9 Å². The van der Waals surface area contributed by atoms with E-state index in [-0.39, 0.29) is 11.7 Å². The average Bonchev–Trinajstić information content (AvgIpc) is 2.56. The van der Waals surface area contributed by atoms with Crippen molar-refractivity contribution in [1.82, 2.24) is 0 Å². The number of terminal acetylenes is 1. The summed E-state index contributed by atoms with van der Waals surface area (Å²) >= 11 is 0. The number of phenols is 1. The van der Waals surface area contributed by atoms with Gasteiger partial charge in [-0.3, -0.25) is 0 Å². The molecule has 3 nitrogen and oxygen atoms in total. The molecule has 0 amide bonds. The predicted octanol–water partition coefficient (Wildman–Crippen LogP) is 2.60. The van der Waals surface area contributed by atoms with Gasteiger partial charge >= 0.3 is 0 Å². The van der Waals surface area contributed by atoms with Crippen LogP contribution in [0.25, 0.3) is 0 Å². The molecule has 0 fully saturated rings. The second-order valence-corrected chi connectivity index (χ2v) is 6.69. The van der Waals surface area contributed by atoms with E-state index < -0.39 is 16.9 Å². The average molecular weight is 322 g/mol. The normalized spacial score (nSPS) is 28.8. The number of fused-ring (bicyclic) bond motifs is 1. The van der Waals surface area contributed by atoms with Crippen molar-refractivity contribution >= 4 is 6.29 Å². The minimum atomic E-state index is -1.35. The first-order chi connectivity index (χ1) is 11.3. The zero-order chi connectivity index (χ0) is 18.0. The van der Waals surface area contributed by atoms with Crippen LogP contribution in [0.4, 0.5) is 0 Å². The van der Waals surface area contributed by atoms with E-state index in [9.17, 15) is 15.0 Å². The molecule has 1 aromatic carbocycles. The van der Waals surface area contributed by atoms with E-state index in [1.807, 2.05) is 13.8 Å². The molecule has 1 aliphatic carbocycles. The first-order valence-corrected chi connectivity index (χ1v) is 7.94. The molecule has 0 saturated carbocycles. The Balaban J connectivity index is 2.68. The Morgan fingerprint density at radius 1 is 1.38 bits per heavy atom. The van der Waals surface area contributed by atoms with E-state index in [1.54, 1.807) is 31.2 Å². The number of carbonyl (C=O) groups is 1. The van der Waals surface area contributed by atoms with Crippen LogP contribution in [0.3, 0.4) is 0 Å². The molecule has 0 aromatic heterocycles. The highest BCUT2D eigenvalue weighted by atomic mass is 16.3. The van der Waals surface area contributed by atoms with Crippen LogP contribution in [-0.4, -0.2) is 22.1 Å². The Hall–Kier alpha value is -2.49. The van der Waals surface area contributed by atoms with Gasteiger partial charge in [0.05, 0.1) is 16.9 Å². The van der Waals surface area contributed by atoms with Gasteiger partial charge in [0.2, 0.25) is 0 Å². The molecule has 24 heavy (non-hydrogen) atoms. The Morgan fingerprint density at radius 2 is 2.08 bits per heavy atom. The van der Waals surface area contributed by atoms with Crippen LogP contribution in [-0.2, 0) is 16.6 Å². The van der Waals surface area contributed by atoms with Gasteiger partial charge in [0.15, 0.2) is 0 Å². The molecular formula is C21H22O3. The molecule has 2 rings (SSSR count).